The molecule has 0 unspecified atom stereocenters. The van der Waals surface area contributed by atoms with E-state index >= 15 is 0 Å². The minimum Gasteiger partial charge on any atom is -0.364 e. The third kappa shape index (κ3) is 2.51. The molecule has 0 aliphatic carbocycles. The van der Waals surface area contributed by atoms with Gasteiger partial charge in [-0.25, -0.2) is 4.98 Å². The molecule has 2 aromatic heterocycles. The second-order valence-corrected chi connectivity index (χ2v) is 4.47. The first-order valence-corrected chi connectivity index (χ1v) is 6.00. The van der Waals surface area contributed by atoms with E-state index < -0.39 is 5.91 Å². The van der Waals surface area contributed by atoms with Gasteiger partial charge in [0.2, 0.25) is 0 Å². The molecule has 104 valence electrons. The van der Waals surface area contributed by atoms with Crippen molar-refractivity contribution in [1.29, 1.82) is 0 Å². The van der Waals surface area contributed by atoms with Crippen LogP contribution in [0.25, 0.3) is 0 Å². The molecule has 0 atom stereocenters. The van der Waals surface area contributed by atoms with Crippen molar-refractivity contribution in [3.8, 4) is 0 Å². The van der Waals surface area contributed by atoms with E-state index in [2.05, 4.69) is 20.5 Å². The zero-order valence-electron chi connectivity index (χ0n) is 11.4. The minimum atomic E-state index is -0.607. The number of amides is 2. The highest BCUT2D eigenvalue weighted by Gasteiger charge is 2.16. The Bertz CT molecular complexity index is 690. The number of H-pyrrole nitrogens is 1. The summed E-state index contributed by atoms with van der Waals surface area (Å²) < 4.78 is 0. The maximum atomic E-state index is 12.1. The highest BCUT2D eigenvalue weighted by Crippen LogP contribution is 2.16. The van der Waals surface area contributed by atoms with Crippen LogP contribution in [0, 0.1) is 20.8 Å². The quantitative estimate of drug-likeness (QED) is 0.776. The van der Waals surface area contributed by atoms with Crippen molar-refractivity contribution in [3.63, 3.8) is 0 Å². The highest BCUT2D eigenvalue weighted by atomic mass is 16.2. The first kappa shape index (κ1) is 13.7. The SMILES string of the molecule is Cc1nc(C(N)=O)ccc1NC(=O)c1n[nH]c(C)c1C. The van der Waals surface area contributed by atoms with Crippen molar-refractivity contribution in [2.75, 3.05) is 5.32 Å². The Morgan fingerprint density at radius 2 is 1.95 bits per heavy atom. The number of aryl methyl sites for hydroxylation is 2. The van der Waals surface area contributed by atoms with Crippen molar-refractivity contribution in [2.24, 2.45) is 5.73 Å². The van der Waals surface area contributed by atoms with Gasteiger partial charge >= 0.3 is 0 Å². The maximum Gasteiger partial charge on any atom is 0.276 e. The largest absolute Gasteiger partial charge is 0.364 e. The van der Waals surface area contributed by atoms with Crippen molar-refractivity contribution >= 4 is 17.5 Å². The molecule has 2 rings (SSSR count). The summed E-state index contributed by atoms with van der Waals surface area (Å²) in [5.41, 5.74) is 8.30. The van der Waals surface area contributed by atoms with Crippen LogP contribution in [-0.2, 0) is 0 Å². The van der Waals surface area contributed by atoms with Gasteiger partial charge in [-0.1, -0.05) is 0 Å². The van der Waals surface area contributed by atoms with Crippen molar-refractivity contribution in [2.45, 2.75) is 20.8 Å². The fourth-order valence-electron chi connectivity index (χ4n) is 1.72. The van der Waals surface area contributed by atoms with Crippen LogP contribution in [0.2, 0.25) is 0 Å². The van der Waals surface area contributed by atoms with Gasteiger partial charge in [-0.05, 0) is 32.9 Å². The van der Waals surface area contributed by atoms with Gasteiger partial charge in [-0.15, -0.1) is 0 Å². The molecule has 2 amide bonds. The number of hydrogen-bond acceptors (Lipinski definition) is 4. The van der Waals surface area contributed by atoms with Gasteiger partial charge in [0, 0.05) is 11.3 Å². The molecule has 7 nitrogen and oxygen atoms in total. The number of primary amides is 1. The van der Waals surface area contributed by atoms with Gasteiger partial charge in [-0.3, -0.25) is 14.7 Å². The molecule has 2 aromatic rings. The number of carbonyl (C=O) groups is 2. The zero-order valence-corrected chi connectivity index (χ0v) is 11.4. The molecule has 0 aliphatic rings. The third-order valence-electron chi connectivity index (χ3n) is 3.05. The Kier molecular flexibility index (Phi) is 3.51. The Labute approximate surface area is 115 Å². The molecule has 4 N–H and O–H groups in total. The van der Waals surface area contributed by atoms with Crippen LogP contribution in [0.4, 0.5) is 5.69 Å². The molecule has 0 aromatic carbocycles. The van der Waals surface area contributed by atoms with Crippen LogP contribution in [0.3, 0.4) is 0 Å². The predicted octanol–water partition coefficient (Wildman–Crippen LogP) is 1.08. The number of aromatic nitrogens is 3. The fraction of sp³-hybridized carbons (Fsp3) is 0.231. The predicted molar refractivity (Wildman–Crippen MR) is 73.5 cm³/mol. The smallest absolute Gasteiger partial charge is 0.276 e. The molecule has 7 heteroatoms. The molecule has 0 saturated heterocycles. The molecule has 0 spiro atoms. The summed E-state index contributed by atoms with van der Waals surface area (Å²) in [6.45, 7) is 5.34. The number of aromatic amines is 1. The lowest BCUT2D eigenvalue weighted by Crippen LogP contribution is -2.17. The molecule has 0 saturated carbocycles. The number of rotatable bonds is 3. The molecular weight excluding hydrogens is 258 g/mol. The average molecular weight is 273 g/mol. The lowest BCUT2D eigenvalue weighted by atomic mass is 10.2. The minimum absolute atomic E-state index is 0.160. The second-order valence-electron chi connectivity index (χ2n) is 4.47. The van der Waals surface area contributed by atoms with E-state index in [1.165, 1.54) is 6.07 Å². The van der Waals surface area contributed by atoms with E-state index in [0.717, 1.165) is 11.3 Å². The van der Waals surface area contributed by atoms with Crippen molar-refractivity contribution in [3.05, 3.63) is 40.5 Å². The van der Waals surface area contributed by atoms with Gasteiger partial charge in [-0.2, -0.15) is 5.10 Å². The first-order chi connectivity index (χ1) is 9.40. The van der Waals surface area contributed by atoms with Gasteiger partial charge in [0.25, 0.3) is 11.8 Å². The summed E-state index contributed by atoms with van der Waals surface area (Å²) in [6.07, 6.45) is 0. The number of carbonyl (C=O) groups excluding carboxylic acids is 2. The normalized spacial score (nSPS) is 10.3. The van der Waals surface area contributed by atoms with E-state index in [1.54, 1.807) is 13.0 Å². The van der Waals surface area contributed by atoms with Crippen LogP contribution in [0.15, 0.2) is 12.1 Å². The van der Waals surface area contributed by atoms with Crippen LogP contribution in [-0.4, -0.2) is 27.0 Å². The van der Waals surface area contributed by atoms with Crippen molar-refractivity contribution < 1.29 is 9.59 Å². The molecule has 20 heavy (non-hydrogen) atoms. The Balaban J connectivity index is 2.24. The number of nitrogens with one attached hydrogen (secondary N) is 2. The fourth-order valence-corrected chi connectivity index (χ4v) is 1.72. The molecular formula is C13H15N5O2. The topological polar surface area (TPSA) is 114 Å². The van der Waals surface area contributed by atoms with Gasteiger partial charge in [0.1, 0.15) is 5.69 Å². The second kappa shape index (κ2) is 5.12. The van der Waals surface area contributed by atoms with Crippen LogP contribution >= 0.6 is 0 Å². The van der Waals surface area contributed by atoms with E-state index in [-0.39, 0.29) is 11.6 Å². The molecule has 2 heterocycles. The molecule has 0 bridgehead atoms. The van der Waals surface area contributed by atoms with Gasteiger partial charge in [0.15, 0.2) is 5.69 Å². The van der Waals surface area contributed by atoms with Crippen LogP contribution in [0.5, 0.6) is 0 Å². The standard InChI is InChI=1S/C13H15N5O2/c1-6-7(2)17-18-11(6)13(20)16-9-4-5-10(12(14)19)15-8(9)3/h4-5H,1-3H3,(H2,14,19)(H,16,20)(H,17,18). The monoisotopic (exact) mass is 273 g/mol. The number of hydrogen-bond donors (Lipinski definition) is 3. The van der Waals surface area contributed by atoms with Crippen LogP contribution in [0.1, 0.15) is 37.9 Å². The van der Waals surface area contributed by atoms with E-state index in [1.807, 2.05) is 13.8 Å². The average Bonchev–Trinajstić information content (AvgIpc) is 2.72. The lowest BCUT2D eigenvalue weighted by molar-refractivity contribution is 0.0993. The molecule has 0 aliphatic heterocycles. The molecule has 0 fully saturated rings. The summed E-state index contributed by atoms with van der Waals surface area (Å²) in [4.78, 5) is 27.1. The lowest BCUT2D eigenvalue weighted by Gasteiger charge is -2.07. The van der Waals surface area contributed by atoms with Crippen molar-refractivity contribution in [1.82, 2.24) is 15.2 Å². The number of anilines is 1. The third-order valence-corrected chi connectivity index (χ3v) is 3.05. The summed E-state index contributed by atoms with van der Waals surface area (Å²) in [5.74, 6) is -0.937. The van der Waals surface area contributed by atoms with Gasteiger partial charge < -0.3 is 11.1 Å². The number of nitrogens with two attached hydrogens (primary N) is 1. The summed E-state index contributed by atoms with van der Waals surface area (Å²) >= 11 is 0. The molecule has 0 radical (unpaired) electrons. The maximum absolute atomic E-state index is 12.1. The van der Waals surface area contributed by atoms with E-state index in [4.69, 9.17) is 5.73 Å². The summed E-state index contributed by atoms with van der Waals surface area (Å²) in [6, 6.07) is 3.06. The summed E-state index contributed by atoms with van der Waals surface area (Å²) in [7, 11) is 0. The van der Waals surface area contributed by atoms with Gasteiger partial charge in [0.05, 0.1) is 11.4 Å². The zero-order chi connectivity index (χ0) is 14.9. The first-order valence-electron chi connectivity index (χ1n) is 6.00. The summed E-state index contributed by atoms with van der Waals surface area (Å²) in [5, 5.41) is 9.42. The van der Waals surface area contributed by atoms with Crippen LogP contribution < -0.4 is 11.1 Å². The Morgan fingerprint density at radius 1 is 1.25 bits per heavy atom. The Morgan fingerprint density at radius 3 is 2.45 bits per heavy atom. The number of pyridine rings is 1. The Hall–Kier alpha value is -2.70. The van der Waals surface area contributed by atoms with E-state index in [0.29, 0.717) is 17.1 Å². The van der Waals surface area contributed by atoms with E-state index in [9.17, 15) is 9.59 Å². The highest BCUT2D eigenvalue weighted by molar-refractivity contribution is 6.04. The number of nitrogens with zero attached hydrogens (tertiary/aromatic N) is 2.